The maximum atomic E-state index is 12.6. The molecule has 1 unspecified atom stereocenters. The van der Waals surface area contributed by atoms with Crippen LogP contribution in [-0.2, 0) is 18.8 Å². The number of rotatable bonds is 11. The molecule has 2 aromatic carbocycles. The minimum absolute atomic E-state index is 0.0179. The molecule has 5 nitrogen and oxygen atoms in total. The van der Waals surface area contributed by atoms with Gasteiger partial charge in [0.1, 0.15) is 23.9 Å². The van der Waals surface area contributed by atoms with Crippen molar-refractivity contribution in [1.29, 1.82) is 0 Å². The number of furan rings is 1. The summed E-state index contributed by atoms with van der Waals surface area (Å²) in [4.78, 5) is 12.6. The monoisotopic (exact) mass is 476 g/mol. The third-order valence-corrected chi connectivity index (χ3v) is 6.89. The van der Waals surface area contributed by atoms with Crippen molar-refractivity contribution in [1.82, 2.24) is 0 Å². The normalized spacial score (nSPS) is 11.9. The van der Waals surface area contributed by atoms with Crippen LogP contribution in [0.4, 0.5) is 0 Å². The smallest absolute Gasteiger partial charge is 0.343 e. The van der Waals surface area contributed by atoms with Gasteiger partial charge in [0, 0.05) is 22.9 Å². The molecule has 0 radical (unpaired) electrons. The molecule has 176 valence electrons. The fraction of sp³-hybridized carbons (Fsp3) is 0.250. The van der Waals surface area contributed by atoms with Crippen LogP contribution in [0.25, 0.3) is 11.3 Å². The molecule has 4 aromatic rings. The second-order valence-corrected chi connectivity index (χ2v) is 9.38. The molecule has 4 rings (SSSR count). The van der Waals surface area contributed by atoms with Crippen molar-refractivity contribution in [2.24, 2.45) is 5.92 Å². The first kappa shape index (κ1) is 23.8. The van der Waals surface area contributed by atoms with Gasteiger partial charge in [-0.3, -0.25) is 0 Å². The van der Waals surface area contributed by atoms with E-state index < -0.39 is 5.63 Å². The Hall–Kier alpha value is -3.38. The van der Waals surface area contributed by atoms with Gasteiger partial charge in [0.2, 0.25) is 0 Å². The van der Waals surface area contributed by atoms with E-state index in [0.717, 1.165) is 23.5 Å². The van der Waals surface area contributed by atoms with Gasteiger partial charge in [0.05, 0.1) is 18.1 Å². The minimum atomic E-state index is -0.487. The van der Waals surface area contributed by atoms with E-state index in [1.165, 1.54) is 11.6 Å². The highest BCUT2D eigenvalue weighted by Gasteiger charge is 2.14. The van der Waals surface area contributed by atoms with E-state index in [1.54, 1.807) is 36.8 Å². The van der Waals surface area contributed by atoms with Gasteiger partial charge < -0.3 is 18.7 Å². The van der Waals surface area contributed by atoms with Crippen molar-refractivity contribution >= 4 is 11.8 Å². The van der Waals surface area contributed by atoms with E-state index in [2.05, 4.69) is 31.2 Å². The Morgan fingerprint density at radius 3 is 2.53 bits per heavy atom. The Morgan fingerprint density at radius 1 is 1.03 bits per heavy atom. The lowest BCUT2D eigenvalue weighted by atomic mass is 10.0. The first-order chi connectivity index (χ1) is 16.6. The second-order valence-electron chi connectivity index (χ2n) is 8.35. The molecule has 1 N–H and O–H groups in total. The van der Waals surface area contributed by atoms with Gasteiger partial charge in [0.15, 0.2) is 0 Å². The molecule has 0 saturated carbocycles. The third-order valence-electron chi connectivity index (χ3n) is 5.55. The zero-order valence-corrected chi connectivity index (χ0v) is 19.9. The van der Waals surface area contributed by atoms with Crippen molar-refractivity contribution < 1.29 is 18.7 Å². The molecule has 0 saturated heterocycles. The highest BCUT2D eigenvalue weighted by atomic mass is 32.2. The van der Waals surface area contributed by atoms with E-state index in [-0.39, 0.29) is 5.75 Å². The Bertz CT molecular complexity index is 1210. The van der Waals surface area contributed by atoms with Crippen LogP contribution < -0.4 is 10.4 Å². The molecular weight excluding hydrogens is 448 g/mol. The van der Waals surface area contributed by atoms with Crippen LogP contribution in [0.1, 0.15) is 30.0 Å². The quantitative estimate of drug-likeness (QED) is 0.260. The molecule has 0 aliphatic rings. The van der Waals surface area contributed by atoms with Crippen molar-refractivity contribution in [2.45, 2.75) is 32.1 Å². The molecule has 0 aliphatic carbocycles. The topological polar surface area (TPSA) is 72.8 Å². The van der Waals surface area contributed by atoms with Gasteiger partial charge in [-0.2, -0.15) is 11.8 Å². The van der Waals surface area contributed by atoms with Crippen LogP contribution in [0.2, 0.25) is 0 Å². The number of ether oxygens (including phenoxy) is 1. The fourth-order valence-electron chi connectivity index (χ4n) is 3.56. The largest absolute Gasteiger partial charge is 0.507 e. The summed E-state index contributed by atoms with van der Waals surface area (Å²) >= 11 is 1.88. The summed E-state index contributed by atoms with van der Waals surface area (Å²) in [5.74, 6) is 3.39. The van der Waals surface area contributed by atoms with Crippen molar-refractivity contribution in [3.05, 3.63) is 106 Å². The Morgan fingerprint density at radius 2 is 1.82 bits per heavy atom. The number of hydrogen-bond acceptors (Lipinski definition) is 6. The summed E-state index contributed by atoms with van der Waals surface area (Å²) in [6, 6.07) is 21.0. The second kappa shape index (κ2) is 11.7. The van der Waals surface area contributed by atoms with E-state index in [1.807, 2.05) is 23.9 Å². The number of thioether (sulfide) groups is 1. The molecule has 0 aliphatic heterocycles. The number of benzene rings is 2. The molecule has 0 spiro atoms. The van der Waals surface area contributed by atoms with Gasteiger partial charge in [-0.05, 0) is 60.4 Å². The van der Waals surface area contributed by atoms with Gasteiger partial charge in [-0.25, -0.2) is 4.79 Å². The first-order valence-electron chi connectivity index (χ1n) is 11.3. The molecule has 1 atom stereocenters. The third kappa shape index (κ3) is 6.58. The van der Waals surface area contributed by atoms with Crippen molar-refractivity contribution in [3.63, 3.8) is 0 Å². The highest BCUT2D eigenvalue weighted by molar-refractivity contribution is 7.98. The molecule has 2 aromatic heterocycles. The predicted molar refractivity (Wildman–Crippen MR) is 135 cm³/mol. The summed E-state index contributed by atoms with van der Waals surface area (Å²) in [6.07, 6.45) is 4.54. The molecule has 34 heavy (non-hydrogen) atoms. The average Bonchev–Trinajstić information content (AvgIpc) is 3.37. The SMILES string of the molecule is CC(CCc1c(O)cc(-c2ccc(OCc3ccoc3)cc2)oc1=O)CSCc1ccccc1. The lowest BCUT2D eigenvalue weighted by Crippen LogP contribution is -2.10. The fourth-order valence-corrected chi connectivity index (χ4v) is 4.68. The maximum absolute atomic E-state index is 12.6. The lowest BCUT2D eigenvalue weighted by molar-refractivity contribution is 0.305. The Kier molecular flexibility index (Phi) is 8.15. The first-order valence-corrected chi connectivity index (χ1v) is 12.5. The standard InChI is InChI=1S/C28H28O5S/c1-20(18-34-19-21-5-3-2-4-6-21)7-12-25-26(29)15-27(33-28(25)30)23-8-10-24(11-9-23)32-17-22-13-14-31-16-22/h2-6,8-11,13-16,20,29H,7,12,17-19H2,1H3. The summed E-state index contributed by atoms with van der Waals surface area (Å²) in [6.45, 7) is 2.57. The van der Waals surface area contributed by atoms with Gasteiger partial charge in [-0.1, -0.05) is 37.3 Å². The van der Waals surface area contributed by atoms with Crippen molar-refractivity contribution in [2.75, 3.05) is 5.75 Å². The summed E-state index contributed by atoms with van der Waals surface area (Å²) < 4.78 is 16.3. The highest BCUT2D eigenvalue weighted by Crippen LogP contribution is 2.27. The van der Waals surface area contributed by atoms with Crippen LogP contribution in [0.5, 0.6) is 11.5 Å². The van der Waals surface area contributed by atoms with Crippen LogP contribution >= 0.6 is 11.8 Å². The maximum Gasteiger partial charge on any atom is 0.343 e. The molecule has 6 heteroatoms. The Balaban J connectivity index is 1.31. The van der Waals surface area contributed by atoms with E-state index in [0.29, 0.717) is 41.6 Å². The van der Waals surface area contributed by atoms with Crippen LogP contribution in [0.15, 0.2) is 92.9 Å². The van der Waals surface area contributed by atoms with Gasteiger partial charge in [-0.15, -0.1) is 0 Å². The number of aromatic hydroxyl groups is 1. The van der Waals surface area contributed by atoms with Gasteiger partial charge >= 0.3 is 5.63 Å². The van der Waals surface area contributed by atoms with Crippen LogP contribution in [0.3, 0.4) is 0 Å². The lowest BCUT2D eigenvalue weighted by Gasteiger charge is -2.12. The number of hydrogen-bond donors (Lipinski definition) is 1. The zero-order valence-electron chi connectivity index (χ0n) is 19.1. The van der Waals surface area contributed by atoms with E-state index >= 15 is 0 Å². The Labute approximate surface area is 203 Å². The van der Waals surface area contributed by atoms with Gasteiger partial charge in [0.25, 0.3) is 0 Å². The van der Waals surface area contributed by atoms with Crippen LogP contribution in [-0.4, -0.2) is 10.9 Å². The molecular formula is C28H28O5S. The van der Waals surface area contributed by atoms with Crippen LogP contribution in [0, 0.1) is 5.92 Å². The van der Waals surface area contributed by atoms with E-state index in [9.17, 15) is 9.90 Å². The molecule has 0 fully saturated rings. The zero-order chi connectivity index (χ0) is 23.8. The molecule has 0 bridgehead atoms. The average molecular weight is 477 g/mol. The summed E-state index contributed by atoms with van der Waals surface area (Å²) in [7, 11) is 0. The van der Waals surface area contributed by atoms with Crippen molar-refractivity contribution in [3.8, 4) is 22.8 Å². The predicted octanol–water partition coefficient (Wildman–Crippen LogP) is 6.69. The minimum Gasteiger partial charge on any atom is -0.507 e. The molecule has 0 amide bonds. The van der Waals surface area contributed by atoms with E-state index in [4.69, 9.17) is 13.6 Å². The summed E-state index contributed by atoms with van der Waals surface area (Å²) in [5, 5.41) is 10.5. The summed E-state index contributed by atoms with van der Waals surface area (Å²) in [5.41, 5.74) is 2.80. The molecule has 2 heterocycles.